The van der Waals surface area contributed by atoms with E-state index in [-0.39, 0.29) is 5.41 Å². The highest BCUT2D eigenvalue weighted by Crippen LogP contribution is 2.53. The van der Waals surface area contributed by atoms with Crippen molar-refractivity contribution in [2.24, 2.45) is 0 Å². The average molecular weight is 782 g/mol. The van der Waals surface area contributed by atoms with E-state index in [1.165, 1.54) is 22.5 Å². The Bertz CT molecular complexity index is 2870. The summed E-state index contributed by atoms with van der Waals surface area (Å²) in [4.78, 5) is 12.0. The van der Waals surface area contributed by atoms with Crippen LogP contribution in [0.5, 0.6) is 0 Å². The zero-order valence-electron chi connectivity index (χ0n) is 34.5. The van der Waals surface area contributed by atoms with Gasteiger partial charge in [-0.2, -0.15) is 9.97 Å². The lowest BCUT2D eigenvalue weighted by atomic mass is 9.73. The topological polar surface area (TPSA) is 81.1 Å². The molecule has 0 saturated heterocycles. The van der Waals surface area contributed by atoms with Crippen molar-refractivity contribution in [3.05, 3.63) is 185 Å². The maximum atomic E-state index is 5.85. The Balaban J connectivity index is 1.13. The first kappa shape index (κ1) is 36.9. The second-order valence-corrected chi connectivity index (χ2v) is 16.2. The zero-order chi connectivity index (χ0) is 41.1. The summed E-state index contributed by atoms with van der Waals surface area (Å²) in [5.41, 5.74) is 18.4. The smallest absolute Gasteiger partial charge is 0.258 e. The van der Waals surface area contributed by atoms with E-state index in [1.54, 1.807) is 0 Å². The largest absolute Gasteiger partial charge is 0.334 e. The molecule has 0 spiro atoms. The van der Waals surface area contributed by atoms with Gasteiger partial charge in [-0.05, 0) is 126 Å². The Morgan fingerprint density at radius 3 is 1.25 bits per heavy atom. The van der Waals surface area contributed by atoms with Gasteiger partial charge in [-0.15, -0.1) is 0 Å². The molecule has 0 fully saturated rings. The molecule has 0 aliphatic carbocycles. The number of anilines is 3. The van der Waals surface area contributed by atoms with Crippen molar-refractivity contribution in [1.29, 1.82) is 0 Å². The lowest BCUT2D eigenvalue weighted by Crippen LogP contribution is -2.30. The molecule has 0 amide bonds. The van der Waals surface area contributed by atoms with Crippen LogP contribution in [0.1, 0.15) is 47.2 Å². The van der Waals surface area contributed by atoms with Gasteiger partial charge >= 0.3 is 0 Å². The molecule has 60 heavy (non-hydrogen) atoms. The van der Waals surface area contributed by atoms with Gasteiger partial charge in [0.2, 0.25) is 11.6 Å². The second-order valence-electron chi connectivity index (χ2n) is 16.2. The third-order valence-electron chi connectivity index (χ3n) is 12.4. The third kappa shape index (κ3) is 6.13. The Morgan fingerprint density at radius 2 is 0.800 bits per heavy atom. The number of fused-ring (bicyclic) bond motifs is 2. The van der Waals surface area contributed by atoms with Crippen LogP contribution in [0.2, 0.25) is 0 Å². The fourth-order valence-corrected chi connectivity index (χ4v) is 8.80. The van der Waals surface area contributed by atoms with Gasteiger partial charge in [0.1, 0.15) is 0 Å². The molecule has 7 aromatic carbocycles. The first-order valence-corrected chi connectivity index (χ1v) is 20.3. The number of aromatic nitrogens is 4. The molecule has 292 valence electrons. The van der Waals surface area contributed by atoms with Crippen molar-refractivity contribution in [2.75, 3.05) is 4.90 Å². The molecular weight excluding hydrogens is 739 g/mol. The van der Waals surface area contributed by atoms with Gasteiger partial charge < -0.3 is 13.9 Å². The minimum absolute atomic E-state index is 0.179. The van der Waals surface area contributed by atoms with E-state index in [2.05, 4.69) is 148 Å². The first-order chi connectivity index (χ1) is 29.2. The van der Waals surface area contributed by atoms with Crippen LogP contribution >= 0.6 is 0 Å². The highest BCUT2D eigenvalue weighted by molar-refractivity contribution is 5.91. The lowest BCUT2D eigenvalue weighted by molar-refractivity contribution is 0.432. The molecule has 1 aliphatic rings. The van der Waals surface area contributed by atoms with Gasteiger partial charge in [-0.25, -0.2) is 0 Å². The zero-order valence-corrected chi connectivity index (χ0v) is 34.5. The monoisotopic (exact) mass is 781 g/mol. The van der Waals surface area contributed by atoms with Crippen molar-refractivity contribution in [1.82, 2.24) is 20.3 Å². The molecule has 0 saturated carbocycles. The van der Waals surface area contributed by atoms with Crippen molar-refractivity contribution in [3.63, 3.8) is 0 Å². The van der Waals surface area contributed by atoms with Crippen molar-refractivity contribution < 1.29 is 9.05 Å². The van der Waals surface area contributed by atoms with Gasteiger partial charge in [-0.1, -0.05) is 133 Å². The van der Waals surface area contributed by atoms with Crippen LogP contribution in [0.15, 0.2) is 161 Å². The van der Waals surface area contributed by atoms with Crippen molar-refractivity contribution in [2.45, 2.75) is 47.0 Å². The first-order valence-electron chi connectivity index (χ1n) is 20.3. The van der Waals surface area contributed by atoms with E-state index in [0.717, 1.165) is 72.4 Å². The molecule has 3 heterocycles. The van der Waals surface area contributed by atoms with Crippen LogP contribution in [0.25, 0.3) is 67.9 Å². The normalized spacial score (nSPS) is 12.9. The summed E-state index contributed by atoms with van der Waals surface area (Å²) in [6.45, 7) is 13.3. The van der Waals surface area contributed by atoms with Gasteiger partial charge in [-0.3, -0.25) is 0 Å². The van der Waals surface area contributed by atoms with E-state index in [9.17, 15) is 0 Å². The van der Waals surface area contributed by atoms with Crippen LogP contribution in [-0.4, -0.2) is 20.3 Å². The van der Waals surface area contributed by atoms with E-state index >= 15 is 0 Å². The molecule has 0 bridgehead atoms. The number of hydrogen-bond acceptors (Lipinski definition) is 7. The fourth-order valence-electron chi connectivity index (χ4n) is 8.80. The van der Waals surface area contributed by atoms with E-state index in [0.29, 0.717) is 23.4 Å². The number of rotatable bonds is 7. The highest BCUT2D eigenvalue weighted by atomic mass is 16.5. The van der Waals surface area contributed by atoms with Crippen LogP contribution in [0.4, 0.5) is 17.1 Å². The summed E-state index contributed by atoms with van der Waals surface area (Å²) in [7, 11) is 0. The van der Waals surface area contributed by atoms with Crippen molar-refractivity contribution >= 4 is 17.1 Å². The van der Waals surface area contributed by atoms with E-state index < -0.39 is 0 Å². The SMILES string of the molecule is Cc1c(-c2cc(-c3ccc(-c4nc(-c5ccccc5)no4)c(C)c3C)cc(N3c4ccccc4C(C)(C)c4ccccc43)c2)ccc(-c2nc(-c3ccccc3)no2)c1C. The Morgan fingerprint density at radius 1 is 0.417 bits per heavy atom. The summed E-state index contributed by atoms with van der Waals surface area (Å²) >= 11 is 0. The maximum absolute atomic E-state index is 5.85. The van der Waals surface area contributed by atoms with Gasteiger partial charge in [0.25, 0.3) is 11.8 Å². The van der Waals surface area contributed by atoms with Crippen LogP contribution in [0, 0.1) is 27.7 Å². The quantitative estimate of drug-likeness (QED) is 0.159. The number of benzene rings is 7. The molecule has 1 aliphatic heterocycles. The van der Waals surface area contributed by atoms with Gasteiger partial charge in [0, 0.05) is 33.4 Å². The van der Waals surface area contributed by atoms with E-state index in [1.807, 2.05) is 60.7 Å². The Hall–Kier alpha value is -7.38. The molecule has 0 radical (unpaired) electrons. The minimum atomic E-state index is -0.179. The van der Waals surface area contributed by atoms with Crippen LogP contribution in [-0.2, 0) is 5.41 Å². The molecule has 7 heteroatoms. The van der Waals surface area contributed by atoms with Gasteiger partial charge in [0.15, 0.2) is 0 Å². The predicted molar refractivity (Wildman–Crippen MR) is 241 cm³/mol. The highest BCUT2D eigenvalue weighted by Gasteiger charge is 2.36. The average Bonchev–Trinajstić information content (AvgIpc) is 3.98. The fraction of sp³-hybridized carbons (Fsp3) is 0.132. The molecule has 0 atom stereocenters. The number of para-hydroxylation sites is 2. The molecule has 9 aromatic rings. The van der Waals surface area contributed by atoms with Crippen LogP contribution < -0.4 is 4.90 Å². The number of nitrogens with zero attached hydrogens (tertiary/aromatic N) is 5. The number of hydrogen-bond donors (Lipinski definition) is 0. The Labute approximate surface area is 350 Å². The summed E-state index contributed by atoms with van der Waals surface area (Å²) in [6.07, 6.45) is 0. The maximum Gasteiger partial charge on any atom is 0.258 e. The molecule has 10 rings (SSSR count). The van der Waals surface area contributed by atoms with Gasteiger partial charge in [0.05, 0.1) is 11.4 Å². The summed E-state index contributed by atoms with van der Waals surface area (Å²) in [5.74, 6) is 2.15. The molecule has 2 aromatic heterocycles. The van der Waals surface area contributed by atoms with Crippen LogP contribution in [0.3, 0.4) is 0 Å². The molecule has 0 unspecified atom stereocenters. The summed E-state index contributed by atoms with van der Waals surface area (Å²) in [6, 6.07) is 53.0. The standard InChI is InChI=1S/C53H43N5O2/c1-32-34(3)43(51-54-49(56-59-51)36-17-9-7-10-18-36)27-25-41(32)38-29-39(42-26-28-44(35(4)33(42)2)52-55-50(57-60-52)37-19-11-8-12-20-37)31-40(30-38)58-47-23-15-13-21-45(47)53(5,6)46-22-14-16-24-48(46)58/h7-31H,1-6H3. The summed E-state index contributed by atoms with van der Waals surface area (Å²) in [5, 5.41) is 8.64. The van der Waals surface area contributed by atoms with Crippen molar-refractivity contribution in [3.8, 4) is 67.9 Å². The van der Waals surface area contributed by atoms with E-state index in [4.69, 9.17) is 19.0 Å². The predicted octanol–water partition coefficient (Wildman–Crippen LogP) is 13.8. The molecular formula is C53H43N5O2. The lowest BCUT2D eigenvalue weighted by Gasteiger charge is -2.42. The second kappa shape index (κ2) is 14.5. The molecule has 7 nitrogen and oxygen atoms in total. The third-order valence-corrected chi connectivity index (χ3v) is 12.4. The summed E-state index contributed by atoms with van der Waals surface area (Å²) < 4.78 is 11.7. The molecule has 0 N–H and O–H groups in total. The Kier molecular flexibility index (Phi) is 8.90. The minimum Gasteiger partial charge on any atom is -0.334 e.